The van der Waals surface area contributed by atoms with Crippen molar-refractivity contribution in [1.29, 1.82) is 0 Å². The number of nitrogens with one attached hydrogen (secondary N) is 1. The van der Waals surface area contributed by atoms with Gasteiger partial charge in [0.2, 0.25) is 0 Å². The maximum atomic E-state index is 12.4. The van der Waals surface area contributed by atoms with Gasteiger partial charge in [-0.25, -0.2) is 9.78 Å². The van der Waals surface area contributed by atoms with E-state index in [0.29, 0.717) is 11.1 Å². The number of hydrogen-bond donors (Lipinski definition) is 3. The van der Waals surface area contributed by atoms with E-state index < -0.39 is 24.0 Å². The fraction of sp³-hybridized carbons (Fsp3) is 0.308. The minimum absolute atomic E-state index is 0.0385. The third-order valence-corrected chi connectivity index (χ3v) is 3.49. The second-order valence-corrected chi connectivity index (χ2v) is 4.84. The Labute approximate surface area is 113 Å². The molecule has 0 spiro atoms. The van der Waals surface area contributed by atoms with Gasteiger partial charge < -0.3 is 20.1 Å². The molecule has 1 aromatic carbocycles. The Morgan fingerprint density at radius 2 is 2.20 bits per heavy atom. The summed E-state index contributed by atoms with van der Waals surface area (Å²) in [7, 11) is 0. The van der Waals surface area contributed by atoms with Crippen molar-refractivity contribution in [3.05, 3.63) is 30.1 Å². The number of imidazole rings is 1. The highest BCUT2D eigenvalue weighted by molar-refractivity contribution is 5.99. The lowest BCUT2D eigenvalue weighted by molar-refractivity contribution is -0.141. The number of aliphatic carboxylic acids is 1. The number of aromatic nitrogens is 2. The van der Waals surface area contributed by atoms with Crippen molar-refractivity contribution in [2.45, 2.75) is 18.6 Å². The first-order chi connectivity index (χ1) is 9.56. The summed E-state index contributed by atoms with van der Waals surface area (Å²) >= 11 is 0. The number of β-amino-alcohol motifs (C(OH)–C–C–N with tert-alkyl or cyclic N) is 1. The van der Waals surface area contributed by atoms with Crippen LogP contribution in [0.3, 0.4) is 0 Å². The predicted molar refractivity (Wildman–Crippen MR) is 69.2 cm³/mol. The third kappa shape index (κ3) is 2.01. The van der Waals surface area contributed by atoms with E-state index in [-0.39, 0.29) is 13.0 Å². The lowest BCUT2D eigenvalue weighted by atomic mass is 10.1. The van der Waals surface area contributed by atoms with Crippen LogP contribution >= 0.6 is 0 Å². The summed E-state index contributed by atoms with van der Waals surface area (Å²) < 4.78 is 0. The molecule has 7 nitrogen and oxygen atoms in total. The Morgan fingerprint density at radius 3 is 2.95 bits per heavy atom. The van der Waals surface area contributed by atoms with Gasteiger partial charge in [-0.3, -0.25) is 4.79 Å². The number of fused-ring (bicyclic) bond motifs is 1. The molecule has 1 fully saturated rings. The molecule has 7 heteroatoms. The highest BCUT2D eigenvalue weighted by Crippen LogP contribution is 2.22. The fourth-order valence-electron chi connectivity index (χ4n) is 2.51. The average molecular weight is 275 g/mol. The smallest absolute Gasteiger partial charge is 0.326 e. The van der Waals surface area contributed by atoms with Crippen LogP contribution in [0.4, 0.5) is 0 Å². The van der Waals surface area contributed by atoms with Gasteiger partial charge in [-0.2, -0.15) is 0 Å². The second-order valence-electron chi connectivity index (χ2n) is 4.84. The zero-order valence-corrected chi connectivity index (χ0v) is 10.5. The van der Waals surface area contributed by atoms with E-state index in [1.54, 1.807) is 18.2 Å². The highest BCUT2D eigenvalue weighted by Gasteiger charge is 2.39. The molecule has 0 saturated carbocycles. The molecule has 1 amide bonds. The number of carbonyl (C=O) groups is 2. The van der Waals surface area contributed by atoms with Gasteiger partial charge in [0.05, 0.1) is 23.5 Å². The summed E-state index contributed by atoms with van der Waals surface area (Å²) in [6.45, 7) is 0.0385. The zero-order valence-electron chi connectivity index (χ0n) is 10.5. The van der Waals surface area contributed by atoms with E-state index in [9.17, 15) is 14.7 Å². The zero-order chi connectivity index (χ0) is 14.3. The van der Waals surface area contributed by atoms with E-state index in [1.165, 1.54) is 11.2 Å². The van der Waals surface area contributed by atoms with Crippen LogP contribution in [0.5, 0.6) is 0 Å². The summed E-state index contributed by atoms with van der Waals surface area (Å²) in [6, 6.07) is 3.96. The summed E-state index contributed by atoms with van der Waals surface area (Å²) in [5, 5.41) is 18.7. The molecular weight excluding hydrogens is 262 g/mol. The molecule has 3 N–H and O–H groups in total. The number of carboxylic acid groups (broad SMARTS) is 1. The molecule has 1 aliphatic heterocycles. The molecule has 1 aliphatic rings. The first-order valence-electron chi connectivity index (χ1n) is 6.21. The van der Waals surface area contributed by atoms with E-state index in [2.05, 4.69) is 9.97 Å². The van der Waals surface area contributed by atoms with Gasteiger partial charge >= 0.3 is 5.97 Å². The van der Waals surface area contributed by atoms with Crippen LogP contribution in [0.25, 0.3) is 11.0 Å². The molecule has 0 aliphatic carbocycles. The monoisotopic (exact) mass is 275 g/mol. The van der Waals surface area contributed by atoms with Gasteiger partial charge in [0, 0.05) is 18.5 Å². The van der Waals surface area contributed by atoms with Gasteiger partial charge in [0.1, 0.15) is 6.04 Å². The van der Waals surface area contributed by atoms with Crippen LogP contribution in [-0.4, -0.2) is 55.6 Å². The van der Waals surface area contributed by atoms with Crippen LogP contribution in [0, 0.1) is 0 Å². The summed E-state index contributed by atoms with van der Waals surface area (Å²) in [6.07, 6.45) is 0.794. The number of carboxylic acids is 1. The number of aliphatic hydroxyl groups excluding tert-OH is 1. The maximum Gasteiger partial charge on any atom is 0.326 e. The highest BCUT2D eigenvalue weighted by atomic mass is 16.4. The van der Waals surface area contributed by atoms with E-state index in [4.69, 9.17) is 5.11 Å². The Bertz CT molecular complexity index is 681. The van der Waals surface area contributed by atoms with Crippen LogP contribution in [-0.2, 0) is 4.79 Å². The molecule has 3 rings (SSSR count). The topological polar surface area (TPSA) is 107 Å². The summed E-state index contributed by atoms with van der Waals surface area (Å²) in [4.78, 5) is 31.7. The number of benzene rings is 1. The van der Waals surface area contributed by atoms with E-state index in [0.717, 1.165) is 5.52 Å². The predicted octanol–water partition coefficient (Wildman–Crippen LogP) is 0.223. The van der Waals surface area contributed by atoms with Crippen molar-refractivity contribution >= 4 is 22.9 Å². The molecular formula is C13H13N3O4. The quantitative estimate of drug-likeness (QED) is 0.727. The molecule has 2 aromatic rings. The number of aromatic amines is 1. The molecule has 0 unspecified atom stereocenters. The second kappa shape index (κ2) is 4.61. The number of hydrogen-bond acceptors (Lipinski definition) is 4. The van der Waals surface area contributed by atoms with Crippen molar-refractivity contribution in [2.75, 3.05) is 6.54 Å². The van der Waals surface area contributed by atoms with Crippen molar-refractivity contribution in [1.82, 2.24) is 14.9 Å². The maximum absolute atomic E-state index is 12.4. The minimum atomic E-state index is -1.10. The first kappa shape index (κ1) is 12.6. The Hall–Kier alpha value is -2.41. The molecule has 2 atom stereocenters. The average Bonchev–Trinajstić information content (AvgIpc) is 3.02. The largest absolute Gasteiger partial charge is 0.480 e. The Kier molecular flexibility index (Phi) is 2.90. The van der Waals surface area contributed by atoms with Crippen molar-refractivity contribution in [2.24, 2.45) is 0 Å². The fourth-order valence-corrected chi connectivity index (χ4v) is 2.51. The Morgan fingerprint density at radius 1 is 1.40 bits per heavy atom. The van der Waals surface area contributed by atoms with Gasteiger partial charge in [-0.05, 0) is 18.2 Å². The molecule has 1 saturated heterocycles. The number of likely N-dealkylation sites (tertiary alicyclic amines) is 1. The van der Waals surface area contributed by atoms with E-state index >= 15 is 0 Å². The number of aliphatic hydroxyl groups is 1. The number of rotatable bonds is 2. The van der Waals surface area contributed by atoms with Crippen molar-refractivity contribution in [3.8, 4) is 0 Å². The third-order valence-electron chi connectivity index (χ3n) is 3.49. The Balaban J connectivity index is 1.92. The number of amides is 1. The van der Waals surface area contributed by atoms with Gasteiger partial charge in [-0.15, -0.1) is 0 Å². The van der Waals surface area contributed by atoms with Crippen LogP contribution < -0.4 is 0 Å². The van der Waals surface area contributed by atoms with Gasteiger partial charge in [0.25, 0.3) is 5.91 Å². The minimum Gasteiger partial charge on any atom is -0.480 e. The summed E-state index contributed by atoms with van der Waals surface area (Å²) in [5.41, 5.74) is 1.82. The van der Waals surface area contributed by atoms with Crippen molar-refractivity contribution < 1.29 is 19.8 Å². The van der Waals surface area contributed by atoms with E-state index in [1.807, 2.05) is 0 Å². The molecule has 104 valence electrons. The summed E-state index contributed by atoms with van der Waals surface area (Å²) in [5.74, 6) is -1.50. The molecule has 20 heavy (non-hydrogen) atoms. The molecule has 2 heterocycles. The first-order valence-corrected chi connectivity index (χ1v) is 6.21. The number of nitrogens with zero attached hydrogens (tertiary/aromatic N) is 2. The van der Waals surface area contributed by atoms with Gasteiger partial charge in [-0.1, -0.05) is 0 Å². The van der Waals surface area contributed by atoms with Crippen LogP contribution in [0.15, 0.2) is 24.5 Å². The molecule has 0 radical (unpaired) electrons. The SMILES string of the molecule is O=C(O)[C@@H]1C[C@@H](O)CN1C(=O)c1ccc2nc[nH]c2c1. The standard InChI is InChI=1S/C13H13N3O4/c17-8-4-11(13(19)20)16(5-8)12(18)7-1-2-9-10(3-7)15-6-14-9/h1-3,6,8,11,17H,4-5H2,(H,14,15)(H,19,20)/t8-,11+/m1/s1. The van der Waals surface area contributed by atoms with Crippen LogP contribution in [0.2, 0.25) is 0 Å². The lowest BCUT2D eigenvalue weighted by Crippen LogP contribution is -2.40. The van der Waals surface area contributed by atoms with Crippen molar-refractivity contribution in [3.63, 3.8) is 0 Å². The number of H-pyrrole nitrogens is 1. The lowest BCUT2D eigenvalue weighted by Gasteiger charge is -2.21. The molecule has 1 aromatic heterocycles. The van der Waals surface area contributed by atoms with Gasteiger partial charge in [0.15, 0.2) is 0 Å². The normalized spacial score (nSPS) is 22.4. The number of carbonyl (C=O) groups excluding carboxylic acids is 1. The molecule has 0 bridgehead atoms. The van der Waals surface area contributed by atoms with Crippen LogP contribution in [0.1, 0.15) is 16.8 Å².